The number of nitrogens with one attached hydrogen (secondary N) is 7. The number of pyridine rings is 6. The number of hydrogen-bond donors (Lipinski definition) is 11. The van der Waals surface area contributed by atoms with Gasteiger partial charge in [0.15, 0.2) is 23.1 Å². The molecule has 15 aromatic rings. The number of Topliss-reactive ketones (excluding diaryl/α,β-unsaturated/α-hetero) is 3. The highest BCUT2D eigenvalue weighted by Gasteiger charge is 2.48. The summed E-state index contributed by atoms with van der Waals surface area (Å²) < 4.78 is 11.7. The van der Waals surface area contributed by atoms with Crippen LogP contribution in [0.3, 0.4) is 0 Å². The molecule has 736 valence electrons. The molecular formula is C111H109N15O18. The van der Waals surface area contributed by atoms with Gasteiger partial charge in [-0.05, 0) is 146 Å². The minimum atomic E-state index is -2.65. The zero-order valence-corrected chi connectivity index (χ0v) is 79.8. The Balaban J connectivity index is 0.000000172. The van der Waals surface area contributed by atoms with Crippen molar-refractivity contribution in [3.63, 3.8) is 0 Å². The molecule has 0 radical (unpaired) electrons. The fourth-order valence-electron chi connectivity index (χ4n) is 17.0. The van der Waals surface area contributed by atoms with Crippen LogP contribution in [-0.2, 0) is 97.5 Å². The Kier molecular flexibility index (Phi) is 34.5. The molecule has 3 unspecified atom stereocenters. The average molecular weight is 1940 g/mol. The summed E-state index contributed by atoms with van der Waals surface area (Å²) in [5.41, 5.74) is 2.82. The maximum absolute atomic E-state index is 14.3. The molecule has 1 aliphatic rings. The number of ether oxygens (including phenoxy) is 2. The molecule has 7 heterocycles. The molecule has 0 aliphatic carbocycles. The molecule has 6 aromatic heterocycles. The molecule has 9 amide bonds. The number of carbonyl (C=O) groups is 12. The van der Waals surface area contributed by atoms with Gasteiger partial charge < -0.3 is 76.9 Å². The fraction of sp³-hybridized carbons (Fsp3) is 0.243. The highest BCUT2D eigenvalue weighted by Crippen LogP contribution is 2.37. The summed E-state index contributed by atoms with van der Waals surface area (Å²) in [6.45, 7) is 3.29. The number of aromatic nitrogens is 6. The minimum Gasteiger partial charge on any atom is -0.394 e. The summed E-state index contributed by atoms with van der Waals surface area (Å²) in [5, 5.41) is 67.6. The van der Waals surface area contributed by atoms with Crippen LogP contribution in [0.25, 0.3) is 65.4 Å². The van der Waals surface area contributed by atoms with Crippen molar-refractivity contribution in [3.8, 4) is 0 Å². The second kappa shape index (κ2) is 48.1. The van der Waals surface area contributed by atoms with Crippen molar-refractivity contribution in [3.05, 3.63) is 325 Å². The van der Waals surface area contributed by atoms with Gasteiger partial charge in [0.25, 0.3) is 11.8 Å². The van der Waals surface area contributed by atoms with Gasteiger partial charge in [-0.1, -0.05) is 164 Å². The highest BCUT2D eigenvalue weighted by molar-refractivity contribution is 6.19. The molecule has 5 atom stereocenters. The molecule has 1 fully saturated rings. The molecule has 11 N–H and O–H groups in total. The number of hydrogen-bond acceptors (Lipinski definition) is 24. The third kappa shape index (κ3) is 25.4. The second-order valence-corrected chi connectivity index (χ2v) is 34.9. The van der Waals surface area contributed by atoms with Gasteiger partial charge in [-0.15, -0.1) is 0 Å². The van der Waals surface area contributed by atoms with Gasteiger partial charge in [-0.2, -0.15) is 0 Å². The van der Waals surface area contributed by atoms with Gasteiger partial charge in [0, 0.05) is 177 Å². The number of para-hydroxylation sites is 6. The van der Waals surface area contributed by atoms with Crippen LogP contribution < -0.4 is 47.0 Å². The normalized spacial score (nSPS) is 13.7. The van der Waals surface area contributed by atoms with E-state index >= 15 is 0 Å². The smallest absolute Gasteiger partial charge is 0.269 e. The molecule has 0 saturated carbocycles. The quantitative estimate of drug-likeness (QED) is 0.0160. The molecule has 0 bridgehead atoms. The number of carbonyl (C=O) groups excluding carboxylic acids is 12. The standard InChI is InChI=1S/C40H41N5O7.C37H37N5O6.C34H31N5O5/c1-39(2)51-25-31(52-39)24-45(35(48)16-6-15-34(47)41-3)30-19-17-29(18-20-30)40(50,33(46)23-28-11-4-9-26-12-7-21-42-36(26)28)38(49)44-32-14-5-10-27-13-8-22-43-37(27)32;1-38-32(46)13-4-14-33(47)42(22-29(44)23-43)28-17-15-24(16-18-28)34(31(45)21-27-9-2-7-25-10-5-19-39-35(25)27)37(48)41-30-12-3-8-26-11-6-20-40-36(26)30;1-35-29(41)13-4-14-30(42)38-26-17-15-25(16-18-26)34(44,28(40)21-24-9-2-7-22-10-5-19-36-31(22)24)33(43)39-27-12-3-8-23-11-6-20-37-32(23)27/h4-5,7-14,17-22,31,50H,6,15-16,23-25H2,1-3H3,(H,41,47)(H,44,49);2-3,5-12,15-20,29,34,43-44H,4,13-14,21-23H2,1H3,(H,38,46)(H,41,48);2-3,5-12,15-20,44H,4,13-14,21H2,1H3,(H,35,41)(H,38,42)(H,39,43)/t31-,40?;29-,34?;/m11./s1. The summed E-state index contributed by atoms with van der Waals surface area (Å²) >= 11 is 0. The van der Waals surface area contributed by atoms with Crippen molar-refractivity contribution in [2.24, 2.45) is 0 Å². The molecule has 9 aromatic carbocycles. The maximum Gasteiger partial charge on any atom is 0.269 e. The Hall–Kier alpha value is -16.6. The van der Waals surface area contributed by atoms with E-state index < -0.39 is 71.0 Å². The Labute approximate surface area is 828 Å². The molecule has 33 nitrogen and oxygen atoms in total. The predicted molar refractivity (Wildman–Crippen MR) is 547 cm³/mol. The SMILES string of the molecule is CNC(=O)CCCC(=O)N(C[C@@H](O)CO)c1ccc(C(C(=O)Cc2cccc3cccnc23)C(=O)Nc2cccc3cccnc23)cc1.CNC(=O)CCCC(=O)N(C[C@@H]1COC(C)(C)O1)c1ccc(C(O)(C(=O)Cc2cccc3cccnc23)C(=O)Nc2cccc3cccnc23)cc1.CNC(=O)CCCC(=O)Nc1ccc(C(O)(C(=O)Cc2cccc3cccnc23)C(=O)Nc2cccc3cccnc23)cc1. The third-order valence-electron chi connectivity index (χ3n) is 24.5. The second-order valence-electron chi connectivity index (χ2n) is 34.9. The number of rotatable bonds is 38. The van der Waals surface area contributed by atoms with E-state index in [1.165, 1.54) is 60.3 Å². The van der Waals surface area contributed by atoms with Gasteiger partial charge in [0.2, 0.25) is 52.6 Å². The van der Waals surface area contributed by atoms with Crippen LogP contribution in [-0.4, -0.2) is 186 Å². The number of fused-ring (bicyclic) bond motifs is 6. The van der Waals surface area contributed by atoms with Crippen LogP contribution in [0.1, 0.15) is 111 Å². The number of anilines is 6. The van der Waals surface area contributed by atoms with Crippen molar-refractivity contribution in [2.75, 3.05) is 78.5 Å². The molecule has 144 heavy (non-hydrogen) atoms. The van der Waals surface area contributed by atoms with E-state index in [9.17, 15) is 78.0 Å². The Bertz CT molecular complexity index is 6940. The topological polar surface area (TPSA) is 472 Å². The van der Waals surface area contributed by atoms with Crippen LogP contribution >= 0.6 is 0 Å². The highest BCUT2D eigenvalue weighted by atomic mass is 16.7. The van der Waals surface area contributed by atoms with Gasteiger partial charge >= 0.3 is 0 Å². The van der Waals surface area contributed by atoms with E-state index in [-0.39, 0.29) is 130 Å². The Morgan fingerprint density at radius 3 is 1.13 bits per heavy atom. The zero-order chi connectivity index (χ0) is 102. The number of aliphatic hydroxyl groups is 4. The first-order valence-electron chi connectivity index (χ1n) is 47.0. The van der Waals surface area contributed by atoms with Gasteiger partial charge in [0.05, 0.1) is 82.6 Å². The third-order valence-corrected chi connectivity index (χ3v) is 24.5. The predicted octanol–water partition coefficient (Wildman–Crippen LogP) is 13.0. The van der Waals surface area contributed by atoms with E-state index in [1.54, 1.807) is 185 Å². The van der Waals surface area contributed by atoms with Crippen LogP contribution in [0.2, 0.25) is 0 Å². The van der Waals surface area contributed by atoms with Gasteiger partial charge in [0.1, 0.15) is 12.0 Å². The van der Waals surface area contributed by atoms with Crippen molar-refractivity contribution < 1.29 is 87.4 Å². The lowest BCUT2D eigenvalue weighted by Gasteiger charge is -2.29. The summed E-state index contributed by atoms with van der Waals surface area (Å²) in [4.78, 5) is 188. The van der Waals surface area contributed by atoms with Crippen LogP contribution in [0.4, 0.5) is 34.1 Å². The molecule has 33 heteroatoms. The van der Waals surface area contributed by atoms with Gasteiger partial charge in [-0.3, -0.25) is 87.4 Å². The zero-order valence-electron chi connectivity index (χ0n) is 79.8. The van der Waals surface area contributed by atoms with Crippen molar-refractivity contribution in [1.29, 1.82) is 0 Å². The summed E-state index contributed by atoms with van der Waals surface area (Å²) in [5.74, 6) is -7.78. The van der Waals surface area contributed by atoms with Crippen LogP contribution in [0.5, 0.6) is 0 Å². The number of benzene rings is 9. The van der Waals surface area contributed by atoms with E-state index in [2.05, 4.69) is 67.1 Å². The number of amides is 9. The summed E-state index contributed by atoms with van der Waals surface area (Å²) in [6.07, 6.45) is 9.33. The molecule has 1 saturated heterocycles. The lowest BCUT2D eigenvalue weighted by atomic mass is 9.84. The summed E-state index contributed by atoms with van der Waals surface area (Å²) in [7, 11) is 4.60. The first-order valence-corrected chi connectivity index (χ1v) is 47.0. The lowest BCUT2D eigenvalue weighted by Crippen LogP contribution is -2.48. The van der Waals surface area contributed by atoms with E-state index in [0.29, 0.717) is 109 Å². The largest absolute Gasteiger partial charge is 0.394 e. The minimum absolute atomic E-state index is 0.00809. The maximum atomic E-state index is 14.3. The Morgan fingerprint density at radius 2 is 0.736 bits per heavy atom. The monoisotopic (exact) mass is 1940 g/mol. The van der Waals surface area contributed by atoms with Crippen molar-refractivity contribution in [1.82, 2.24) is 45.9 Å². The van der Waals surface area contributed by atoms with Gasteiger partial charge in [-0.25, -0.2) is 0 Å². The first-order chi connectivity index (χ1) is 69.6. The average Bonchev–Trinajstić information content (AvgIpc) is 0.810. The van der Waals surface area contributed by atoms with Crippen molar-refractivity contribution in [2.45, 2.75) is 126 Å². The van der Waals surface area contributed by atoms with Crippen molar-refractivity contribution >= 4 is 170 Å². The molecule has 1 aliphatic heterocycles. The Morgan fingerprint density at radius 1 is 0.396 bits per heavy atom. The number of nitrogens with zero attached hydrogens (tertiary/aromatic N) is 8. The van der Waals surface area contributed by atoms with Crippen LogP contribution in [0.15, 0.2) is 292 Å². The summed E-state index contributed by atoms with van der Waals surface area (Å²) in [6, 6.07) is 72.6. The van der Waals surface area contributed by atoms with E-state index in [0.717, 1.165) is 32.3 Å². The fourth-order valence-corrected chi connectivity index (χ4v) is 17.0. The van der Waals surface area contributed by atoms with Crippen LogP contribution in [0, 0.1) is 0 Å². The number of ketones is 3. The number of aliphatic hydroxyl groups excluding tert-OH is 2. The first kappa shape index (κ1) is 103. The van der Waals surface area contributed by atoms with E-state index in [1.807, 2.05) is 91.0 Å². The van der Waals surface area contributed by atoms with E-state index in [4.69, 9.17) is 9.47 Å². The molecule has 16 rings (SSSR count). The molecular weight excluding hydrogens is 1830 g/mol. The molecule has 0 spiro atoms. The lowest BCUT2D eigenvalue weighted by molar-refractivity contribution is -0.150.